The maximum absolute atomic E-state index is 5.67. The van der Waals surface area contributed by atoms with E-state index in [-0.39, 0.29) is 6.10 Å². The maximum atomic E-state index is 5.67. The summed E-state index contributed by atoms with van der Waals surface area (Å²) in [4.78, 5) is 0. The van der Waals surface area contributed by atoms with Crippen molar-refractivity contribution < 1.29 is 4.74 Å². The van der Waals surface area contributed by atoms with Gasteiger partial charge in [0.25, 0.3) is 0 Å². The van der Waals surface area contributed by atoms with E-state index >= 15 is 0 Å². The molecular weight excluding hydrogens is 277 g/mol. The van der Waals surface area contributed by atoms with Gasteiger partial charge < -0.3 is 10.1 Å². The van der Waals surface area contributed by atoms with Crippen molar-refractivity contribution in [2.45, 2.75) is 13.0 Å². The van der Waals surface area contributed by atoms with Gasteiger partial charge in [-0.05, 0) is 54.8 Å². The highest BCUT2D eigenvalue weighted by Gasteiger charge is 2.01. The van der Waals surface area contributed by atoms with Crippen LogP contribution in [-0.2, 0) is 0 Å². The summed E-state index contributed by atoms with van der Waals surface area (Å²) < 4.78 is 6.87. The molecule has 0 saturated carbocycles. The number of rotatable bonds is 4. The molecule has 1 aromatic carbocycles. The van der Waals surface area contributed by atoms with Crippen LogP contribution in [0.2, 0.25) is 0 Å². The van der Waals surface area contributed by atoms with Crippen LogP contribution in [0.5, 0.6) is 5.75 Å². The van der Waals surface area contributed by atoms with Gasteiger partial charge in [-0.3, -0.25) is 0 Å². The molecule has 0 aliphatic rings. The standard InChI is InChI=1S/C10H14INO/c1-8(7-12-2)13-10-5-3-4-9(11)6-10/h3-6,8,12H,7H2,1-2H3. The van der Waals surface area contributed by atoms with Crippen LogP contribution in [0, 0.1) is 3.57 Å². The number of benzene rings is 1. The lowest BCUT2D eigenvalue weighted by Crippen LogP contribution is -2.25. The van der Waals surface area contributed by atoms with Crippen LogP contribution < -0.4 is 10.1 Å². The summed E-state index contributed by atoms with van der Waals surface area (Å²) in [5.74, 6) is 0.939. The Labute approximate surface area is 92.8 Å². The molecule has 1 rings (SSSR count). The van der Waals surface area contributed by atoms with E-state index in [0.717, 1.165) is 12.3 Å². The van der Waals surface area contributed by atoms with Crippen LogP contribution in [-0.4, -0.2) is 19.7 Å². The molecule has 0 aliphatic heterocycles. The third kappa shape index (κ3) is 3.95. The van der Waals surface area contributed by atoms with E-state index in [1.807, 2.05) is 25.2 Å². The predicted molar refractivity (Wildman–Crippen MR) is 63.2 cm³/mol. The van der Waals surface area contributed by atoms with Crippen molar-refractivity contribution in [1.29, 1.82) is 0 Å². The maximum Gasteiger partial charge on any atom is 0.120 e. The Kier molecular flexibility index (Phi) is 4.52. The van der Waals surface area contributed by atoms with Gasteiger partial charge in [0.15, 0.2) is 0 Å². The molecule has 1 aromatic rings. The molecule has 3 heteroatoms. The lowest BCUT2D eigenvalue weighted by atomic mass is 10.3. The van der Waals surface area contributed by atoms with Crippen LogP contribution in [0.3, 0.4) is 0 Å². The average Bonchev–Trinajstić information content (AvgIpc) is 2.04. The highest BCUT2D eigenvalue weighted by Crippen LogP contribution is 2.15. The summed E-state index contributed by atoms with van der Waals surface area (Å²) in [5.41, 5.74) is 0. The molecule has 0 amide bonds. The second kappa shape index (κ2) is 5.44. The SMILES string of the molecule is CNCC(C)Oc1cccc(I)c1. The molecule has 1 atom stereocenters. The van der Waals surface area contributed by atoms with Crippen molar-refractivity contribution in [3.8, 4) is 5.75 Å². The van der Waals surface area contributed by atoms with Gasteiger partial charge in [0.05, 0.1) is 0 Å². The van der Waals surface area contributed by atoms with Crippen molar-refractivity contribution in [2.75, 3.05) is 13.6 Å². The Hall–Kier alpha value is -0.290. The largest absolute Gasteiger partial charge is 0.489 e. The Morgan fingerprint density at radius 3 is 2.92 bits per heavy atom. The predicted octanol–water partition coefficient (Wildman–Crippen LogP) is 2.28. The van der Waals surface area contributed by atoms with Crippen LogP contribution in [0.15, 0.2) is 24.3 Å². The number of hydrogen-bond acceptors (Lipinski definition) is 2. The highest BCUT2D eigenvalue weighted by molar-refractivity contribution is 14.1. The summed E-state index contributed by atoms with van der Waals surface area (Å²) in [5, 5.41) is 3.08. The summed E-state index contributed by atoms with van der Waals surface area (Å²) in [7, 11) is 1.93. The lowest BCUT2D eigenvalue weighted by molar-refractivity contribution is 0.220. The van der Waals surface area contributed by atoms with E-state index in [2.05, 4.69) is 40.9 Å². The first-order valence-corrected chi connectivity index (χ1v) is 5.37. The molecule has 2 nitrogen and oxygen atoms in total. The highest BCUT2D eigenvalue weighted by atomic mass is 127. The molecule has 72 valence electrons. The van der Waals surface area contributed by atoms with Crippen LogP contribution in [0.4, 0.5) is 0 Å². The van der Waals surface area contributed by atoms with Crippen molar-refractivity contribution in [3.63, 3.8) is 0 Å². The van der Waals surface area contributed by atoms with Gasteiger partial charge in [-0.15, -0.1) is 0 Å². The fourth-order valence-corrected chi connectivity index (χ4v) is 1.62. The molecule has 1 N–H and O–H groups in total. The monoisotopic (exact) mass is 291 g/mol. The quantitative estimate of drug-likeness (QED) is 0.859. The van der Waals surface area contributed by atoms with E-state index in [4.69, 9.17) is 4.74 Å². The zero-order chi connectivity index (χ0) is 9.68. The number of halogens is 1. The van der Waals surface area contributed by atoms with E-state index in [9.17, 15) is 0 Å². The minimum atomic E-state index is 0.211. The van der Waals surface area contributed by atoms with E-state index in [1.54, 1.807) is 0 Å². The first kappa shape index (κ1) is 10.8. The Bertz CT molecular complexity index is 265. The summed E-state index contributed by atoms with van der Waals surface area (Å²) in [6.45, 7) is 2.92. The Balaban J connectivity index is 2.53. The van der Waals surface area contributed by atoms with Crippen molar-refractivity contribution in [1.82, 2.24) is 5.32 Å². The Morgan fingerprint density at radius 1 is 1.54 bits per heavy atom. The van der Waals surface area contributed by atoms with Crippen molar-refractivity contribution in [3.05, 3.63) is 27.8 Å². The molecule has 0 aromatic heterocycles. The second-order valence-corrected chi connectivity index (χ2v) is 4.19. The van der Waals surface area contributed by atoms with Gasteiger partial charge in [0.1, 0.15) is 11.9 Å². The minimum absolute atomic E-state index is 0.211. The summed E-state index contributed by atoms with van der Waals surface area (Å²) >= 11 is 2.28. The van der Waals surface area contributed by atoms with Crippen LogP contribution in [0.25, 0.3) is 0 Å². The van der Waals surface area contributed by atoms with Crippen molar-refractivity contribution in [2.24, 2.45) is 0 Å². The van der Waals surface area contributed by atoms with Crippen LogP contribution in [0.1, 0.15) is 6.92 Å². The molecule has 0 bridgehead atoms. The first-order valence-electron chi connectivity index (χ1n) is 4.29. The molecule has 0 radical (unpaired) electrons. The fourth-order valence-electron chi connectivity index (χ4n) is 1.10. The smallest absolute Gasteiger partial charge is 0.120 e. The van der Waals surface area contributed by atoms with Crippen LogP contribution >= 0.6 is 22.6 Å². The minimum Gasteiger partial charge on any atom is -0.489 e. The average molecular weight is 291 g/mol. The normalized spacial score (nSPS) is 12.5. The van der Waals surface area contributed by atoms with Gasteiger partial charge in [-0.25, -0.2) is 0 Å². The first-order chi connectivity index (χ1) is 6.22. The van der Waals surface area contributed by atoms with E-state index < -0.39 is 0 Å². The van der Waals surface area contributed by atoms with Gasteiger partial charge in [0, 0.05) is 10.1 Å². The van der Waals surface area contributed by atoms with Gasteiger partial charge in [0.2, 0.25) is 0 Å². The topological polar surface area (TPSA) is 21.3 Å². The number of hydrogen-bond donors (Lipinski definition) is 1. The fraction of sp³-hybridized carbons (Fsp3) is 0.400. The molecule has 0 saturated heterocycles. The molecular formula is C10H14INO. The molecule has 13 heavy (non-hydrogen) atoms. The number of ether oxygens (including phenoxy) is 1. The molecule has 1 unspecified atom stereocenters. The Morgan fingerprint density at radius 2 is 2.31 bits per heavy atom. The number of nitrogens with one attached hydrogen (secondary N) is 1. The molecule has 0 fully saturated rings. The molecule has 0 heterocycles. The second-order valence-electron chi connectivity index (χ2n) is 2.94. The third-order valence-electron chi connectivity index (χ3n) is 1.62. The molecule has 0 aliphatic carbocycles. The van der Waals surface area contributed by atoms with Gasteiger partial charge in [-0.2, -0.15) is 0 Å². The number of likely N-dealkylation sites (N-methyl/N-ethyl adjacent to an activating group) is 1. The van der Waals surface area contributed by atoms with Crippen molar-refractivity contribution >= 4 is 22.6 Å². The third-order valence-corrected chi connectivity index (χ3v) is 2.30. The van der Waals surface area contributed by atoms with E-state index in [0.29, 0.717) is 0 Å². The van der Waals surface area contributed by atoms with Gasteiger partial charge >= 0.3 is 0 Å². The molecule has 0 spiro atoms. The van der Waals surface area contributed by atoms with E-state index in [1.165, 1.54) is 3.57 Å². The lowest BCUT2D eigenvalue weighted by Gasteiger charge is -2.13. The zero-order valence-electron chi connectivity index (χ0n) is 7.88. The van der Waals surface area contributed by atoms with Gasteiger partial charge in [-0.1, -0.05) is 6.07 Å². The summed E-state index contributed by atoms with van der Waals surface area (Å²) in [6.07, 6.45) is 0.211. The summed E-state index contributed by atoms with van der Waals surface area (Å²) in [6, 6.07) is 8.07. The zero-order valence-corrected chi connectivity index (χ0v) is 10.0.